The van der Waals surface area contributed by atoms with E-state index >= 15 is 0 Å². The smallest absolute Gasteiger partial charge is 0.0611 e. The predicted molar refractivity (Wildman–Crippen MR) is 61.1 cm³/mol. The van der Waals surface area contributed by atoms with Gasteiger partial charge in [-0.2, -0.15) is 0 Å². The second kappa shape index (κ2) is 8.05. The lowest BCUT2D eigenvalue weighted by Gasteiger charge is -2.29. The monoisotopic (exact) mass is 219 g/mol. The van der Waals surface area contributed by atoms with E-state index in [0.717, 1.165) is 19.4 Å². The van der Waals surface area contributed by atoms with Gasteiger partial charge in [0.25, 0.3) is 0 Å². The number of rotatable bonds is 9. The summed E-state index contributed by atoms with van der Waals surface area (Å²) >= 11 is 0. The Kier molecular flexibility index (Phi) is 7.96. The van der Waals surface area contributed by atoms with Crippen LogP contribution in [-0.4, -0.2) is 50.7 Å². The highest BCUT2D eigenvalue weighted by molar-refractivity contribution is 4.82. The SMILES string of the molecule is CNC(C)(CO)CC(C)OCCCOC. The summed E-state index contributed by atoms with van der Waals surface area (Å²) in [5.41, 5.74) is -0.249. The minimum Gasteiger partial charge on any atom is -0.394 e. The first-order valence-electron chi connectivity index (χ1n) is 5.48. The molecule has 0 fully saturated rings. The topological polar surface area (TPSA) is 50.7 Å². The Hall–Kier alpha value is -0.160. The lowest BCUT2D eigenvalue weighted by atomic mass is 9.96. The zero-order valence-electron chi connectivity index (χ0n) is 10.4. The molecule has 0 saturated carbocycles. The van der Waals surface area contributed by atoms with Crippen molar-refractivity contribution in [3.05, 3.63) is 0 Å². The lowest BCUT2D eigenvalue weighted by molar-refractivity contribution is 0.0207. The normalized spacial score (nSPS) is 17.4. The highest BCUT2D eigenvalue weighted by atomic mass is 16.5. The minimum absolute atomic E-state index is 0.120. The third-order valence-electron chi connectivity index (χ3n) is 2.59. The van der Waals surface area contributed by atoms with Gasteiger partial charge in [-0.05, 0) is 33.7 Å². The molecular formula is C11H25NO3. The van der Waals surface area contributed by atoms with Crippen LogP contribution in [0.1, 0.15) is 26.7 Å². The Morgan fingerprint density at radius 3 is 2.53 bits per heavy atom. The fourth-order valence-electron chi connectivity index (χ4n) is 1.43. The molecule has 0 spiro atoms. The number of nitrogens with one attached hydrogen (secondary N) is 1. The number of ether oxygens (including phenoxy) is 2. The van der Waals surface area contributed by atoms with Gasteiger partial charge < -0.3 is 19.9 Å². The van der Waals surface area contributed by atoms with E-state index < -0.39 is 0 Å². The summed E-state index contributed by atoms with van der Waals surface area (Å²) in [6.07, 6.45) is 1.86. The fourth-order valence-corrected chi connectivity index (χ4v) is 1.43. The molecule has 2 atom stereocenters. The van der Waals surface area contributed by atoms with Gasteiger partial charge in [0.1, 0.15) is 0 Å². The zero-order chi connectivity index (χ0) is 11.7. The van der Waals surface area contributed by atoms with E-state index in [2.05, 4.69) is 5.32 Å². The quantitative estimate of drug-likeness (QED) is 0.563. The van der Waals surface area contributed by atoms with Crippen LogP contribution in [-0.2, 0) is 9.47 Å². The van der Waals surface area contributed by atoms with Crippen LogP contribution >= 0.6 is 0 Å². The summed E-state index contributed by atoms with van der Waals surface area (Å²) in [5.74, 6) is 0. The van der Waals surface area contributed by atoms with Crippen molar-refractivity contribution in [1.29, 1.82) is 0 Å². The molecule has 4 heteroatoms. The van der Waals surface area contributed by atoms with Crippen molar-refractivity contribution in [3.8, 4) is 0 Å². The van der Waals surface area contributed by atoms with Gasteiger partial charge in [-0.25, -0.2) is 0 Å². The zero-order valence-corrected chi connectivity index (χ0v) is 10.4. The van der Waals surface area contributed by atoms with Crippen molar-refractivity contribution in [2.45, 2.75) is 38.3 Å². The third kappa shape index (κ3) is 6.84. The van der Waals surface area contributed by atoms with E-state index in [-0.39, 0.29) is 18.2 Å². The molecule has 0 saturated heterocycles. The number of aliphatic hydroxyl groups excluding tert-OH is 1. The number of hydrogen-bond acceptors (Lipinski definition) is 4. The second-order valence-corrected chi connectivity index (χ2v) is 4.20. The molecule has 0 bridgehead atoms. The van der Waals surface area contributed by atoms with E-state index in [1.54, 1.807) is 7.11 Å². The third-order valence-corrected chi connectivity index (χ3v) is 2.59. The van der Waals surface area contributed by atoms with Gasteiger partial charge in [0.05, 0.1) is 12.7 Å². The molecule has 15 heavy (non-hydrogen) atoms. The highest BCUT2D eigenvalue weighted by Gasteiger charge is 2.23. The van der Waals surface area contributed by atoms with Gasteiger partial charge in [-0.1, -0.05) is 0 Å². The first-order valence-corrected chi connectivity index (χ1v) is 5.48. The molecule has 92 valence electrons. The largest absolute Gasteiger partial charge is 0.394 e. The molecule has 0 aromatic heterocycles. The molecule has 0 aliphatic carbocycles. The number of aliphatic hydroxyl groups is 1. The van der Waals surface area contributed by atoms with Gasteiger partial charge >= 0.3 is 0 Å². The van der Waals surface area contributed by atoms with Gasteiger partial charge in [-0.3, -0.25) is 0 Å². The van der Waals surface area contributed by atoms with Gasteiger partial charge in [-0.15, -0.1) is 0 Å². The lowest BCUT2D eigenvalue weighted by Crippen LogP contribution is -2.46. The van der Waals surface area contributed by atoms with Crippen LogP contribution < -0.4 is 5.32 Å². The number of hydrogen-bond donors (Lipinski definition) is 2. The van der Waals surface area contributed by atoms with E-state index in [9.17, 15) is 5.11 Å². The molecule has 0 aliphatic rings. The van der Waals surface area contributed by atoms with Crippen molar-refractivity contribution in [2.75, 3.05) is 34.0 Å². The summed E-state index contributed by atoms with van der Waals surface area (Å²) in [7, 11) is 3.54. The first kappa shape index (κ1) is 14.8. The molecule has 2 unspecified atom stereocenters. The predicted octanol–water partition coefficient (Wildman–Crippen LogP) is 0.788. The Morgan fingerprint density at radius 1 is 1.40 bits per heavy atom. The van der Waals surface area contributed by atoms with Crippen molar-refractivity contribution < 1.29 is 14.6 Å². The summed E-state index contributed by atoms with van der Waals surface area (Å²) in [6, 6.07) is 0. The highest BCUT2D eigenvalue weighted by Crippen LogP contribution is 2.13. The molecule has 2 N–H and O–H groups in total. The minimum atomic E-state index is -0.249. The average molecular weight is 219 g/mol. The number of methoxy groups -OCH3 is 1. The van der Waals surface area contributed by atoms with Crippen LogP contribution in [0.15, 0.2) is 0 Å². The van der Waals surface area contributed by atoms with Crippen LogP contribution in [0.4, 0.5) is 0 Å². The van der Waals surface area contributed by atoms with E-state index in [0.29, 0.717) is 6.61 Å². The van der Waals surface area contributed by atoms with E-state index in [1.165, 1.54) is 0 Å². The Balaban J connectivity index is 3.67. The summed E-state index contributed by atoms with van der Waals surface area (Å²) < 4.78 is 10.5. The summed E-state index contributed by atoms with van der Waals surface area (Å²) in [4.78, 5) is 0. The van der Waals surface area contributed by atoms with Crippen LogP contribution in [0.5, 0.6) is 0 Å². The molecule has 0 heterocycles. The molecule has 0 aromatic carbocycles. The van der Waals surface area contributed by atoms with E-state index in [4.69, 9.17) is 9.47 Å². The van der Waals surface area contributed by atoms with Gasteiger partial charge in [0, 0.05) is 25.9 Å². The Morgan fingerprint density at radius 2 is 2.07 bits per heavy atom. The summed E-state index contributed by atoms with van der Waals surface area (Å²) in [6.45, 7) is 5.57. The maximum Gasteiger partial charge on any atom is 0.0611 e. The molecule has 4 nitrogen and oxygen atoms in total. The van der Waals surface area contributed by atoms with Crippen molar-refractivity contribution in [1.82, 2.24) is 5.32 Å². The van der Waals surface area contributed by atoms with Gasteiger partial charge in [0.15, 0.2) is 0 Å². The fraction of sp³-hybridized carbons (Fsp3) is 1.00. The molecule has 0 amide bonds. The van der Waals surface area contributed by atoms with Crippen LogP contribution in [0, 0.1) is 0 Å². The summed E-state index contributed by atoms with van der Waals surface area (Å²) in [5, 5.41) is 12.3. The molecule has 0 aromatic rings. The standard InChI is InChI=1S/C11H25NO3/c1-10(15-7-5-6-14-4)8-11(2,9-13)12-3/h10,12-13H,5-9H2,1-4H3. The van der Waals surface area contributed by atoms with Crippen LogP contribution in [0.3, 0.4) is 0 Å². The van der Waals surface area contributed by atoms with E-state index in [1.807, 2.05) is 20.9 Å². The van der Waals surface area contributed by atoms with Crippen molar-refractivity contribution in [3.63, 3.8) is 0 Å². The molecule has 0 rings (SSSR count). The Labute approximate surface area is 93.0 Å². The maximum atomic E-state index is 9.21. The second-order valence-electron chi connectivity index (χ2n) is 4.20. The van der Waals surface area contributed by atoms with Gasteiger partial charge in [0.2, 0.25) is 0 Å². The molecule has 0 aliphatic heterocycles. The van der Waals surface area contributed by atoms with Crippen molar-refractivity contribution in [2.24, 2.45) is 0 Å². The van der Waals surface area contributed by atoms with Crippen LogP contribution in [0.2, 0.25) is 0 Å². The molecular weight excluding hydrogens is 194 g/mol. The first-order chi connectivity index (χ1) is 7.08. The molecule has 0 radical (unpaired) electrons. The van der Waals surface area contributed by atoms with Crippen molar-refractivity contribution >= 4 is 0 Å². The average Bonchev–Trinajstić information content (AvgIpc) is 2.24. The number of likely N-dealkylation sites (N-methyl/N-ethyl adjacent to an activating group) is 1. The maximum absolute atomic E-state index is 9.21. The Bertz CT molecular complexity index is 149. The van der Waals surface area contributed by atoms with Crippen LogP contribution in [0.25, 0.3) is 0 Å².